The molecule has 0 unspecified atom stereocenters. The Morgan fingerprint density at radius 3 is 2.56 bits per heavy atom. The third-order valence-electron chi connectivity index (χ3n) is 3.09. The maximum atomic E-state index is 5.54. The molecular formula is C15H26N2O. The van der Waals surface area contributed by atoms with Crippen molar-refractivity contribution in [3.05, 3.63) is 29.3 Å². The van der Waals surface area contributed by atoms with Crippen LogP contribution in [0.25, 0.3) is 0 Å². The first kappa shape index (κ1) is 15.0. The molecule has 0 aliphatic carbocycles. The van der Waals surface area contributed by atoms with Crippen LogP contribution in [-0.2, 0) is 12.8 Å². The third kappa shape index (κ3) is 5.07. The molecule has 0 saturated heterocycles. The summed E-state index contributed by atoms with van der Waals surface area (Å²) in [6, 6.07) is 6.52. The van der Waals surface area contributed by atoms with Gasteiger partial charge in [-0.1, -0.05) is 12.1 Å². The minimum Gasteiger partial charge on any atom is -0.496 e. The molecule has 1 aromatic rings. The Labute approximate surface area is 111 Å². The van der Waals surface area contributed by atoms with E-state index in [-0.39, 0.29) is 0 Å². The fourth-order valence-corrected chi connectivity index (χ4v) is 2.00. The van der Waals surface area contributed by atoms with Gasteiger partial charge in [0.15, 0.2) is 0 Å². The zero-order chi connectivity index (χ0) is 13.4. The van der Waals surface area contributed by atoms with Gasteiger partial charge in [-0.05, 0) is 63.5 Å². The average Bonchev–Trinajstić information content (AvgIpc) is 2.37. The molecule has 18 heavy (non-hydrogen) atoms. The van der Waals surface area contributed by atoms with Gasteiger partial charge in [-0.3, -0.25) is 0 Å². The molecule has 0 amide bonds. The van der Waals surface area contributed by atoms with Crippen LogP contribution in [0.2, 0.25) is 0 Å². The third-order valence-corrected chi connectivity index (χ3v) is 3.09. The lowest BCUT2D eigenvalue weighted by molar-refractivity contribution is 0.406. The first-order valence-corrected chi connectivity index (χ1v) is 6.68. The molecule has 0 bridgehead atoms. The quantitative estimate of drug-likeness (QED) is 0.718. The Kier molecular flexibility index (Phi) is 6.76. The van der Waals surface area contributed by atoms with Crippen molar-refractivity contribution in [2.24, 2.45) is 5.73 Å². The van der Waals surface area contributed by atoms with E-state index < -0.39 is 0 Å². The lowest BCUT2D eigenvalue weighted by Crippen LogP contribution is -2.15. The molecule has 0 atom stereocenters. The number of hydrogen-bond acceptors (Lipinski definition) is 3. The van der Waals surface area contributed by atoms with Gasteiger partial charge in [0.05, 0.1) is 7.11 Å². The van der Waals surface area contributed by atoms with Crippen molar-refractivity contribution in [2.45, 2.75) is 25.7 Å². The normalized spacial score (nSPS) is 10.9. The molecule has 0 aliphatic rings. The van der Waals surface area contributed by atoms with Crippen molar-refractivity contribution in [3.8, 4) is 5.75 Å². The summed E-state index contributed by atoms with van der Waals surface area (Å²) in [4.78, 5) is 2.21. The van der Waals surface area contributed by atoms with Gasteiger partial charge in [0.25, 0.3) is 0 Å². The SMILES string of the molecule is COc1ccc(CCN(C)C)cc1CCCCN. The van der Waals surface area contributed by atoms with Gasteiger partial charge in [-0.25, -0.2) is 0 Å². The highest BCUT2D eigenvalue weighted by Crippen LogP contribution is 2.22. The first-order valence-electron chi connectivity index (χ1n) is 6.68. The molecule has 0 heterocycles. The fourth-order valence-electron chi connectivity index (χ4n) is 2.00. The number of benzene rings is 1. The standard InChI is InChI=1S/C15H26N2O/c1-17(2)11-9-13-7-8-15(18-3)14(12-13)6-4-5-10-16/h7-8,12H,4-6,9-11,16H2,1-3H3. The lowest BCUT2D eigenvalue weighted by Gasteiger charge is -2.13. The van der Waals surface area contributed by atoms with Crippen LogP contribution in [0.15, 0.2) is 18.2 Å². The van der Waals surface area contributed by atoms with Crippen LogP contribution in [0.3, 0.4) is 0 Å². The molecule has 1 rings (SSSR count). The summed E-state index contributed by atoms with van der Waals surface area (Å²) in [7, 11) is 5.94. The van der Waals surface area contributed by atoms with Crippen molar-refractivity contribution < 1.29 is 4.74 Å². The lowest BCUT2D eigenvalue weighted by atomic mass is 10.0. The predicted molar refractivity (Wildman–Crippen MR) is 77.2 cm³/mol. The Morgan fingerprint density at radius 2 is 1.94 bits per heavy atom. The molecule has 0 radical (unpaired) electrons. The highest BCUT2D eigenvalue weighted by atomic mass is 16.5. The number of likely N-dealkylation sites (N-methyl/N-ethyl adjacent to an activating group) is 1. The Balaban J connectivity index is 2.68. The van der Waals surface area contributed by atoms with Crippen LogP contribution in [0.5, 0.6) is 5.75 Å². The first-order chi connectivity index (χ1) is 8.67. The summed E-state index contributed by atoms with van der Waals surface area (Å²) in [5.41, 5.74) is 8.23. The molecule has 0 aromatic heterocycles. The summed E-state index contributed by atoms with van der Waals surface area (Å²) >= 11 is 0. The van der Waals surface area contributed by atoms with E-state index in [9.17, 15) is 0 Å². The molecule has 0 saturated carbocycles. The second-order valence-electron chi connectivity index (χ2n) is 4.95. The molecule has 3 heteroatoms. The molecule has 0 aliphatic heterocycles. The van der Waals surface area contributed by atoms with Gasteiger partial charge in [-0.15, -0.1) is 0 Å². The van der Waals surface area contributed by atoms with Crippen molar-refractivity contribution in [1.82, 2.24) is 4.90 Å². The van der Waals surface area contributed by atoms with E-state index in [4.69, 9.17) is 10.5 Å². The van der Waals surface area contributed by atoms with Crippen molar-refractivity contribution >= 4 is 0 Å². The van der Waals surface area contributed by atoms with Crippen LogP contribution in [0.4, 0.5) is 0 Å². The van der Waals surface area contributed by atoms with Crippen LogP contribution in [0, 0.1) is 0 Å². The van der Waals surface area contributed by atoms with Gasteiger partial charge in [0.2, 0.25) is 0 Å². The minimum atomic E-state index is 0.767. The number of methoxy groups -OCH3 is 1. The number of ether oxygens (including phenoxy) is 1. The highest BCUT2D eigenvalue weighted by Gasteiger charge is 2.05. The van der Waals surface area contributed by atoms with Crippen LogP contribution >= 0.6 is 0 Å². The zero-order valence-electron chi connectivity index (χ0n) is 11.9. The van der Waals surface area contributed by atoms with Crippen molar-refractivity contribution in [1.29, 1.82) is 0 Å². The second kappa shape index (κ2) is 8.11. The Bertz CT molecular complexity index is 350. The van der Waals surface area contributed by atoms with Gasteiger partial charge >= 0.3 is 0 Å². The second-order valence-corrected chi connectivity index (χ2v) is 4.95. The van der Waals surface area contributed by atoms with E-state index in [1.807, 2.05) is 0 Å². The number of hydrogen-bond donors (Lipinski definition) is 1. The topological polar surface area (TPSA) is 38.5 Å². The summed E-state index contributed by atoms with van der Waals surface area (Å²) in [6.07, 6.45) is 4.34. The van der Waals surface area contributed by atoms with Crippen LogP contribution in [-0.4, -0.2) is 39.2 Å². The summed E-state index contributed by atoms with van der Waals surface area (Å²) in [5.74, 6) is 1.00. The summed E-state index contributed by atoms with van der Waals surface area (Å²) in [5, 5.41) is 0. The van der Waals surface area contributed by atoms with E-state index in [2.05, 4.69) is 37.2 Å². The fraction of sp³-hybridized carbons (Fsp3) is 0.600. The molecule has 1 aromatic carbocycles. The van der Waals surface area contributed by atoms with Gasteiger partial charge in [0, 0.05) is 6.54 Å². The van der Waals surface area contributed by atoms with Gasteiger partial charge in [0.1, 0.15) is 5.75 Å². The van der Waals surface area contributed by atoms with Gasteiger partial charge < -0.3 is 15.4 Å². The molecular weight excluding hydrogens is 224 g/mol. The van der Waals surface area contributed by atoms with E-state index >= 15 is 0 Å². The number of nitrogens with two attached hydrogens (primary N) is 1. The van der Waals surface area contributed by atoms with E-state index in [1.165, 1.54) is 11.1 Å². The summed E-state index contributed by atoms with van der Waals surface area (Å²) < 4.78 is 5.41. The largest absolute Gasteiger partial charge is 0.496 e. The van der Waals surface area contributed by atoms with Gasteiger partial charge in [-0.2, -0.15) is 0 Å². The Morgan fingerprint density at radius 1 is 1.17 bits per heavy atom. The molecule has 0 fully saturated rings. The highest BCUT2D eigenvalue weighted by molar-refractivity contribution is 5.37. The monoisotopic (exact) mass is 250 g/mol. The van der Waals surface area contributed by atoms with Crippen molar-refractivity contribution in [3.63, 3.8) is 0 Å². The zero-order valence-corrected chi connectivity index (χ0v) is 11.9. The number of nitrogens with zero attached hydrogens (tertiary/aromatic N) is 1. The maximum absolute atomic E-state index is 5.54. The maximum Gasteiger partial charge on any atom is 0.122 e. The van der Waals surface area contributed by atoms with E-state index in [0.29, 0.717) is 0 Å². The average molecular weight is 250 g/mol. The number of unbranched alkanes of at least 4 members (excludes halogenated alkanes) is 1. The van der Waals surface area contributed by atoms with E-state index in [0.717, 1.165) is 44.5 Å². The van der Waals surface area contributed by atoms with Crippen LogP contribution < -0.4 is 10.5 Å². The number of rotatable bonds is 8. The molecule has 0 spiro atoms. The smallest absolute Gasteiger partial charge is 0.122 e. The van der Waals surface area contributed by atoms with Crippen molar-refractivity contribution in [2.75, 3.05) is 34.3 Å². The predicted octanol–water partition coefficient (Wildman–Crippen LogP) is 2.08. The van der Waals surface area contributed by atoms with Crippen LogP contribution in [0.1, 0.15) is 24.0 Å². The molecule has 3 nitrogen and oxygen atoms in total. The number of aryl methyl sites for hydroxylation is 1. The minimum absolute atomic E-state index is 0.767. The summed E-state index contributed by atoms with van der Waals surface area (Å²) in [6.45, 7) is 1.84. The van der Waals surface area contributed by atoms with E-state index in [1.54, 1.807) is 7.11 Å². The molecule has 2 N–H and O–H groups in total. The Hall–Kier alpha value is -1.06. The molecule has 102 valence electrons.